The molecule has 0 aliphatic carbocycles. The lowest BCUT2D eigenvalue weighted by atomic mass is 10.1. The number of benzene rings is 2. The minimum absolute atomic E-state index is 0.171. The molecule has 2 aliphatic rings. The van der Waals surface area contributed by atoms with Gasteiger partial charge in [0.25, 0.3) is 5.91 Å². The van der Waals surface area contributed by atoms with Gasteiger partial charge in [-0.25, -0.2) is 8.42 Å². The number of para-hydroxylation sites is 2. The molecule has 0 spiro atoms. The van der Waals surface area contributed by atoms with Crippen molar-refractivity contribution in [3.05, 3.63) is 59.7 Å². The second-order valence-electron chi connectivity index (χ2n) is 7.34. The van der Waals surface area contributed by atoms with Crippen molar-refractivity contribution in [2.75, 3.05) is 37.7 Å². The minimum Gasteiger partial charge on any atom is -0.486 e. The van der Waals surface area contributed by atoms with E-state index in [1.807, 2.05) is 42.5 Å². The van der Waals surface area contributed by atoms with Gasteiger partial charge in [-0.15, -0.1) is 0 Å². The van der Waals surface area contributed by atoms with Gasteiger partial charge in [-0.2, -0.15) is 0 Å². The first-order chi connectivity index (χ1) is 14.0. The Bertz CT molecular complexity index is 978. The number of amides is 1. The molecule has 2 aromatic rings. The number of rotatable bonds is 5. The number of nitrogens with zero attached hydrogens (tertiary/aromatic N) is 1. The van der Waals surface area contributed by atoms with Gasteiger partial charge in [0.15, 0.2) is 21.3 Å². The fourth-order valence-corrected chi connectivity index (χ4v) is 4.73. The first kappa shape index (κ1) is 19.7. The van der Waals surface area contributed by atoms with E-state index in [1.54, 1.807) is 6.07 Å². The molecule has 154 valence electrons. The van der Waals surface area contributed by atoms with E-state index in [9.17, 15) is 13.2 Å². The third-order valence-electron chi connectivity index (χ3n) is 5.09. The molecule has 1 amide bonds. The number of fused-ring (bicyclic) bond motifs is 1. The molecule has 0 saturated carbocycles. The number of nitrogens with one attached hydrogen (secondary N) is 1. The normalized spacial score (nSPS) is 20.8. The smallest absolute Gasteiger partial charge is 0.251 e. The third kappa shape index (κ3) is 5.07. The summed E-state index contributed by atoms with van der Waals surface area (Å²) in [7, 11) is -2.89. The van der Waals surface area contributed by atoms with E-state index < -0.39 is 9.84 Å². The molecule has 4 rings (SSSR count). The lowest BCUT2D eigenvalue weighted by Crippen LogP contribution is -2.41. The summed E-state index contributed by atoms with van der Waals surface area (Å²) in [6.07, 6.45) is -0.243. The number of carbonyl (C=O) groups is 1. The van der Waals surface area contributed by atoms with E-state index in [-0.39, 0.29) is 23.5 Å². The van der Waals surface area contributed by atoms with Gasteiger partial charge in [-0.05, 0) is 29.8 Å². The molecule has 1 saturated heterocycles. The van der Waals surface area contributed by atoms with Crippen molar-refractivity contribution < 1.29 is 22.7 Å². The van der Waals surface area contributed by atoms with Crippen LogP contribution in [0.4, 0.5) is 0 Å². The Kier molecular flexibility index (Phi) is 5.73. The predicted molar refractivity (Wildman–Crippen MR) is 109 cm³/mol. The van der Waals surface area contributed by atoms with Crippen LogP contribution in [-0.4, -0.2) is 63.1 Å². The second-order valence-corrected chi connectivity index (χ2v) is 9.64. The second kappa shape index (κ2) is 8.42. The molecule has 0 radical (unpaired) electrons. The van der Waals surface area contributed by atoms with Crippen molar-refractivity contribution in [1.82, 2.24) is 10.2 Å². The van der Waals surface area contributed by atoms with Crippen molar-refractivity contribution in [2.24, 2.45) is 0 Å². The molecular weight excluding hydrogens is 392 g/mol. The first-order valence-corrected chi connectivity index (χ1v) is 11.5. The van der Waals surface area contributed by atoms with Crippen LogP contribution in [0.3, 0.4) is 0 Å². The highest BCUT2D eigenvalue weighted by Gasteiger charge is 2.23. The lowest BCUT2D eigenvalue weighted by molar-refractivity contribution is 0.0789. The average Bonchev–Trinajstić information content (AvgIpc) is 2.73. The summed E-state index contributed by atoms with van der Waals surface area (Å²) in [5.74, 6) is 1.62. The maximum absolute atomic E-state index is 12.6. The number of sulfone groups is 1. The van der Waals surface area contributed by atoms with Gasteiger partial charge in [-0.3, -0.25) is 9.69 Å². The van der Waals surface area contributed by atoms with Crippen molar-refractivity contribution >= 4 is 15.7 Å². The Balaban J connectivity index is 1.31. The van der Waals surface area contributed by atoms with Crippen LogP contribution in [0.25, 0.3) is 0 Å². The number of hydrogen-bond acceptors (Lipinski definition) is 6. The molecule has 0 bridgehead atoms. The lowest BCUT2D eigenvalue weighted by Gasteiger charge is -2.27. The zero-order chi connectivity index (χ0) is 20.3. The monoisotopic (exact) mass is 416 g/mol. The van der Waals surface area contributed by atoms with Crippen molar-refractivity contribution in [3.8, 4) is 11.5 Å². The van der Waals surface area contributed by atoms with E-state index in [4.69, 9.17) is 9.47 Å². The van der Waals surface area contributed by atoms with Gasteiger partial charge in [0.2, 0.25) is 0 Å². The Hall–Kier alpha value is -2.58. The van der Waals surface area contributed by atoms with Gasteiger partial charge < -0.3 is 14.8 Å². The molecule has 2 aliphatic heterocycles. The average molecular weight is 416 g/mol. The van der Waals surface area contributed by atoms with E-state index in [0.29, 0.717) is 49.8 Å². The first-order valence-electron chi connectivity index (χ1n) is 9.67. The minimum atomic E-state index is -2.89. The summed E-state index contributed by atoms with van der Waals surface area (Å²) in [4.78, 5) is 14.7. The Morgan fingerprint density at radius 1 is 1.07 bits per heavy atom. The standard InChI is InChI=1S/C21H24N2O5S/c24-21(22-13-18-15-27-19-6-1-2-7-20(19)28-18)17-5-3-4-16(12-17)14-23-8-10-29(25,26)11-9-23/h1-7,12,18H,8-11,13-15H2,(H,22,24). The Morgan fingerprint density at radius 3 is 2.62 bits per heavy atom. The van der Waals surface area contributed by atoms with Crippen molar-refractivity contribution in [2.45, 2.75) is 12.6 Å². The molecular formula is C21H24N2O5S. The van der Waals surface area contributed by atoms with Crippen LogP contribution in [-0.2, 0) is 16.4 Å². The van der Waals surface area contributed by atoms with E-state index >= 15 is 0 Å². The zero-order valence-electron chi connectivity index (χ0n) is 16.0. The molecule has 8 heteroatoms. The van der Waals surface area contributed by atoms with Gasteiger partial charge in [0, 0.05) is 25.2 Å². The van der Waals surface area contributed by atoms with Gasteiger partial charge in [0.05, 0.1) is 18.1 Å². The molecule has 1 atom stereocenters. The van der Waals surface area contributed by atoms with Crippen LogP contribution in [0.5, 0.6) is 11.5 Å². The zero-order valence-corrected chi connectivity index (χ0v) is 16.9. The van der Waals surface area contributed by atoms with Crippen LogP contribution in [0, 0.1) is 0 Å². The van der Waals surface area contributed by atoms with Crippen molar-refractivity contribution in [3.63, 3.8) is 0 Å². The van der Waals surface area contributed by atoms with Crippen molar-refractivity contribution in [1.29, 1.82) is 0 Å². The maximum Gasteiger partial charge on any atom is 0.251 e. The molecule has 0 aromatic heterocycles. The molecule has 2 heterocycles. The summed E-state index contributed by atoms with van der Waals surface area (Å²) in [6, 6.07) is 14.9. The molecule has 7 nitrogen and oxygen atoms in total. The Labute approximate surface area is 170 Å². The van der Waals surface area contributed by atoms with Gasteiger partial charge in [0.1, 0.15) is 12.7 Å². The Morgan fingerprint density at radius 2 is 1.83 bits per heavy atom. The van der Waals surface area contributed by atoms with Crippen LogP contribution in [0.2, 0.25) is 0 Å². The quantitative estimate of drug-likeness (QED) is 0.795. The molecule has 2 aromatic carbocycles. The summed E-state index contributed by atoms with van der Waals surface area (Å²) in [6.45, 7) is 2.42. The number of carbonyl (C=O) groups excluding carboxylic acids is 1. The van der Waals surface area contributed by atoms with Crippen LogP contribution < -0.4 is 14.8 Å². The van der Waals surface area contributed by atoms with Gasteiger partial charge in [-0.1, -0.05) is 24.3 Å². The number of hydrogen-bond donors (Lipinski definition) is 1. The SMILES string of the molecule is O=C(NCC1COc2ccccc2O1)c1cccc(CN2CCS(=O)(=O)CC2)c1. The highest BCUT2D eigenvalue weighted by Crippen LogP contribution is 2.30. The third-order valence-corrected chi connectivity index (χ3v) is 6.70. The summed E-state index contributed by atoms with van der Waals surface area (Å²) < 4.78 is 34.7. The highest BCUT2D eigenvalue weighted by molar-refractivity contribution is 7.91. The van der Waals surface area contributed by atoms with E-state index in [2.05, 4.69) is 10.2 Å². The number of ether oxygens (including phenoxy) is 2. The molecule has 1 N–H and O–H groups in total. The fourth-order valence-electron chi connectivity index (χ4n) is 3.45. The summed E-state index contributed by atoms with van der Waals surface area (Å²) >= 11 is 0. The maximum atomic E-state index is 12.6. The van der Waals surface area contributed by atoms with Crippen LogP contribution >= 0.6 is 0 Å². The summed E-state index contributed by atoms with van der Waals surface area (Å²) in [5, 5.41) is 2.90. The topological polar surface area (TPSA) is 84.9 Å². The molecule has 29 heavy (non-hydrogen) atoms. The van der Waals surface area contributed by atoms with Gasteiger partial charge >= 0.3 is 0 Å². The fraction of sp³-hybridized carbons (Fsp3) is 0.381. The van der Waals surface area contributed by atoms with Crippen LogP contribution in [0.1, 0.15) is 15.9 Å². The largest absolute Gasteiger partial charge is 0.486 e. The molecule has 1 unspecified atom stereocenters. The summed E-state index contributed by atoms with van der Waals surface area (Å²) in [5.41, 5.74) is 1.56. The highest BCUT2D eigenvalue weighted by atomic mass is 32.2. The van der Waals surface area contributed by atoms with E-state index in [1.165, 1.54) is 0 Å². The predicted octanol–water partition coefficient (Wildman–Crippen LogP) is 1.49. The molecule has 1 fully saturated rings. The van der Waals surface area contributed by atoms with E-state index in [0.717, 1.165) is 5.56 Å². The van der Waals surface area contributed by atoms with Crippen LogP contribution in [0.15, 0.2) is 48.5 Å².